The normalized spacial score (nSPS) is 12.6. The number of rotatable bonds is 7. The molecule has 0 aliphatic carbocycles. The summed E-state index contributed by atoms with van der Waals surface area (Å²) in [6.07, 6.45) is 1.39. The molecule has 0 radical (unpaired) electrons. The number of carbonyl (C=O) groups is 1. The minimum atomic E-state index is -0.963. The van der Waals surface area contributed by atoms with Crippen LogP contribution in [0.1, 0.15) is 23.0 Å². The predicted octanol–water partition coefficient (Wildman–Crippen LogP) is 1.35. The summed E-state index contributed by atoms with van der Waals surface area (Å²) in [6.45, 7) is 3.91. The Labute approximate surface area is 94.4 Å². The maximum absolute atomic E-state index is 10.8. The first-order valence-corrected chi connectivity index (χ1v) is 5.14. The van der Waals surface area contributed by atoms with Gasteiger partial charge in [-0.25, -0.2) is 4.79 Å². The Balaban J connectivity index is 2.37. The second-order valence-electron chi connectivity index (χ2n) is 3.75. The molecule has 90 valence electrons. The highest BCUT2D eigenvalue weighted by Gasteiger charge is 2.12. The molecular weight excluding hydrogens is 210 g/mol. The first kappa shape index (κ1) is 12.7. The Morgan fingerprint density at radius 1 is 1.69 bits per heavy atom. The standard InChI is InChI=1S/C11H17NO4/c1-8(7-15-2)5-12-6-10-9(11(13)14)3-4-16-10/h3-4,8,12H,5-7H2,1-2H3,(H,13,14). The Hall–Kier alpha value is -1.33. The van der Waals surface area contributed by atoms with Crippen LogP contribution in [-0.2, 0) is 11.3 Å². The lowest BCUT2D eigenvalue weighted by atomic mass is 10.2. The van der Waals surface area contributed by atoms with Crippen molar-refractivity contribution in [1.82, 2.24) is 5.32 Å². The Kier molecular flexibility index (Phi) is 5.01. The molecule has 0 aliphatic heterocycles. The van der Waals surface area contributed by atoms with Crippen LogP contribution >= 0.6 is 0 Å². The van der Waals surface area contributed by atoms with E-state index >= 15 is 0 Å². The lowest BCUT2D eigenvalue weighted by Gasteiger charge is -2.10. The van der Waals surface area contributed by atoms with Gasteiger partial charge < -0.3 is 19.6 Å². The smallest absolute Gasteiger partial charge is 0.339 e. The molecule has 16 heavy (non-hydrogen) atoms. The predicted molar refractivity (Wildman–Crippen MR) is 58.4 cm³/mol. The zero-order chi connectivity index (χ0) is 12.0. The summed E-state index contributed by atoms with van der Waals surface area (Å²) >= 11 is 0. The van der Waals surface area contributed by atoms with Crippen molar-refractivity contribution >= 4 is 5.97 Å². The Morgan fingerprint density at radius 3 is 3.06 bits per heavy atom. The molecule has 0 saturated heterocycles. The number of carboxylic acids is 1. The SMILES string of the molecule is COCC(C)CNCc1occc1C(=O)O. The van der Waals surface area contributed by atoms with Gasteiger partial charge in [0.25, 0.3) is 0 Å². The minimum absolute atomic E-state index is 0.215. The van der Waals surface area contributed by atoms with Gasteiger partial charge in [0.2, 0.25) is 0 Å². The van der Waals surface area contributed by atoms with E-state index < -0.39 is 5.97 Å². The summed E-state index contributed by atoms with van der Waals surface area (Å²) < 4.78 is 10.1. The van der Waals surface area contributed by atoms with E-state index in [9.17, 15) is 4.79 Å². The molecule has 0 aromatic carbocycles. The van der Waals surface area contributed by atoms with Crippen LogP contribution in [0.4, 0.5) is 0 Å². The van der Waals surface area contributed by atoms with E-state index in [0.29, 0.717) is 24.8 Å². The fourth-order valence-electron chi connectivity index (χ4n) is 1.44. The molecule has 1 atom stereocenters. The Morgan fingerprint density at radius 2 is 2.44 bits per heavy atom. The largest absolute Gasteiger partial charge is 0.478 e. The second kappa shape index (κ2) is 6.30. The maximum Gasteiger partial charge on any atom is 0.339 e. The van der Waals surface area contributed by atoms with E-state index in [2.05, 4.69) is 12.2 Å². The number of methoxy groups -OCH3 is 1. The monoisotopic (exact) mass is 227 g/mol. The van der Waals surface area contributed by atoms with Crippen LogP contribution in [-0.4, -0.2) is 31.3 Å². The fourth-order valence-corrected chi connectivity index (χ4v) is 1.44. The second-order valence-corrected chi connectivity index (χ2v) is 3.75. The van der Waals surface area contributed by atoms with Crippen molar-refractivity contribution in [2.24, 2.45) is 5.92 Å². The molecule has 0 bridgehead atoms. The molecule has 0 amide bonds. The molecule has 5 heteroatoms. The number of nitrogens with one attached hydrogen (secondary N) is 1. The van der Waals surface area contributed by atoms with Crippen LogP contribution in [0.15, 0.2) is 16.7 Å². The van der Waals surface area contributed by atoms with Gasteiger partial charge in [-0.3, -0.25) is 0 Å². The van der Waals surface area contributed by atoms with E-state index in [1.165, 1.54) is 12.3 Å². The van der Waals surface area contributed by atoms with Crippen molar-refractivity contribution in [2.45, 2.75) is 13.5 Å². The van der Waals surface area contributed by atoms with E-state index in [1.807, 2.05) is 0 Å². The van der Waals surface area contributed by atoms with Crippen LogP contribution in [0, 0.1) is 5.92 Å². The lowest BCUT2D eigenvalue weighted by molar-refractivity contribution is 0.0694. The topological polar surface area (TPSA) is 71.7 Å². The summed E-state index contributed by atoms with van der Waals surface area (Å²) in [7, 11) is 1.66. The number of carboxylic acid groups (broad SMARTS) is 1. The van der Waals surface area contributed by atoms with Gasteiger partial charge >= 0.3 is 5.97 Å². The summed E-state index contributed by atoms with van der Waals surface area (Å²) in [5.41, 5.74) is 0.215. The average molecular weight is 227 g/mol. The van der Waals surface area contributed by atoms with Crippen molar-refractivity contribution < 1.29 is 19.1 Å². The van der Waals surface area contributed by atoms with Crippen LogP contribution in [0.3, 0.4) is 0 Å². The van der Waals surface area contributed by atoms with Crippen molar-refractivity contribution in [3.8, 4) is 0 Å². The van der Waals surface area contributed by atoms with Crippen molar-refractivity contribution in [2.75, 3.05) is 20.3 Å². The van der Waals surface area contributed by atoms with Gasteiger partial charge in [0, 0.05) is 20.3 Å². The molecule has 1 heterocycles. The van der Waals surface area contributed by atoms with Gasteiger partial charge in [-0.2, -0.15) is 0 Å². The van der Waals surface area contributed by atoms with Gasteiger partial charge in [0.05, 0.1) is 12.8 Å². The number of furan rings is 1. The third-order valence-corrected chi connectivity index (χ3v) is 2.21. The van der Waals surface area contributed by atoms with E-state index in [-0.39, 0.29) is 5.56 Å². The highest BCUT2D eigenvalue weighted by atomic mass is 16.5. The highest BCUT2D eigenvalue weighted by Crippen LogP contribution is 2.10. The highest BCUT2D eigenvalue weighted by molar-refractivity contribution is 5.88. The molecule has 5 nitrogen and oxygen atoms in total. The molecule has 2 N–H and O–H groups in total. The molecular formula is C11H17NO4. The van der Waals surface area contributed by atoms with Crippen LogP contribution in [0.2, 0.25) is 0 Å². The molecule has 1 aromatic heterocycles. The first-order valence-electron chi connectivity index (χ1n) is 5.14. The molecule has 1 rings (SSSR count). The van der Waals surface area contributed by atoms with Crippen molar-refractivity contribution in [3.05, 3.63) is 23.7 Å². The third-order valence-electron chi connectivity index (χ3n) is 2.21. The van der Waals surface area contributed by atoms with Gasteiger partial charge in [-0.05, 0) is 12.0 Å². The van der Waals surface area contributed by atoms with Gasteiger partial charge in [-0.15, -0.1) is 0 Å². The first-order chi connectivity index (χ1) is 7.65. The molecule has 1 aromatic rings. The number of aromatic carboxylic acids is 1. The van der Waals surface area contributed by atoms with Crippen LogP contribution in [0.5, 0.6) is 0 Å². The summed E-state index contributed by atoms with van der Waals surface area (Å²) in [6, 6.07) is 1.46. The molecule has 1 unspecified atom stereocenters. The van der Waals surface area contributed by atoms with Gasteiger partial charge in [0.1, 0.15) is 11.3 Å². The van der Waals surface area contributed by atoms with Crippen molar-refractivity contribution in [1.29, 1.82) is 0 Å². The van der Waals surface area contributed by atoms with E-state index in [1.54, 1.807) is 7.11 Å². The lowest BCUT2D eigenvalue weighted by Crippen LogP contribution is -2.23. The van der Waals surface area contributed by atoms with Gasteiger partial charge in [0.15, 0.2) is 0 Å². The van der Waals surface area contributed by atoms with Crippen LogP contribution < -0.4 is 5.32 Å². The summed E-state index contributed by atoms with van der Waals surface area (Å²) in [5.74, 6) is -0.124. The molecule has 0 saturated carbocycles. The zero-order valence-electron chi connectivity index (χ0n) is 9.53. The number of hydrogen-bond acceptors (Lipinski definition) is 4. The molecule has 0 aliphatic rings. The number of ether oxygens (including phenoxy) is 1. The zero-order valence-corrected chi connectivity index (χ0v) is 9.53. The quantitative estimate of drug-likeness (QED) is 0.735. The van der Waals surface area contributed by atoms with Crippen LogP contribution in [0.25, 0.3) is 0 Å². The van der Waals surface area contributed by atoms with Crippen molar-refractivity contribution in [3.63, 3.8) is 0 Å². The maximum atomic E-state index is 10.8. The van der Waals surface area contributed by atoms with E-state index in [4.69, 9.17) is 14.3 Å². The van der Waals surface area contributed by atoms with E-state index in [0.717, 1.165) is 6.54 Å². The Bertz CT molecular complexity index is 334. The fraction of sp³-hybridized carbons (Fsp3) is 0.545. The summed E-state index contributed by atoms with van der Waals surface area (Å²) in [4.78, 5) is 10.8. The minimum Gasteiger partial charge on any atom is -0.478 e. The average Bonchev–Trinajstić information content (AvgIpc) is 2.66. The molecule has 0 spiro atoms. The van der Waals surface area contributed by atoms with Gasteiger partial charge in [-0.1, -0.05) is 6.92 Å². The molecule has 0 fully saturated rings. The number of hydrogen-bond donors (Lipinski definition) is 2. The third kappa shape index (κ3) is 3.67. The summed E-state index contributed by atoms with van der Waals surface area (Å²) in [5, 5.41) is 12.0.